The first-order chi connectivity index (χ1) is 9.74. The molecule has 0 radical (unpaired) electrons. The van der Waals surface area contributed by atoms with Crippen molar-refractivity contribution in [2.75, 3.05) is 14.2 Å². The molecule has 1 heterocycles. The van der Waals surface area contributed by atoms with Crippen LogP contribution in [0.5, 0.6) is 11.8 Å². The first kappa shape index (κ1) is 14.7. The second-order valence-corrected chi connectivity index (χ2v) is 5.02. The molecule has 0 aliphatic carbocycles. The maximum absolute atomic E-state index is 5.23. The van der Waals surface area contributed by atoms with Crippen molar-refractivity contribution >= 4 is 15.9 Å². The second kappa shape index (κ2) is 7.21. The molecule has 0 fully saturated rings. The number of methoxy groups -OCH3 is 2. The summed E-state index contributed by atoms with van der Waals surface area (Å²) in [6, 6.07) is 8.14. The summed E-state index contributed by atoms with van der Waals surface area (Å²) in [4.78, 5) is 8.17. The van der Waals surface area contributed by atoms with E-state index in [2.05, 4.69) is 43.3 Å². The van der Waals surface area contributed by atoms with Crippen molar-refractivity contribution in [3.05, 3.63) is 46.2 Å². The lowest BCUT2D eigenvalue weighted by Crippen LogP contribution is -2.15. The first-order valence-electron chi connectivity index (χ1n) is 6.11. The molecule has 1 N–H and O–H groups in total. The molecule has 0 saturated carbocycles. The van der Waals surface area contributed by atoms with Crippen LogP contribution in [0.15, 0.2) is 35.1 Å². The summed E-state index contributed by atoms with van der Waals surface area (Å²) >= 11 is 3.46. The van der Waals surface area contributed by atoms with E-state index in [4.69, 9.17) is 9.47 Å². The third kappa shape index (κ3) is 3.68. The molecule has 0 spiro atoms. The molecule has 0 unspecified atom stereocenters. The monoisotopic (exact) mass is 337 g/mol. The van der Waals surface area contributed by atoms with Gasteiger partial charge in [0.1, 0.15) is 6.33 Å². The topological polar surface area (TPSA) is 56.3 Å². The van der Waals surface area contributed by atoms with Gasteiger partial charge in [-0.15, -0.1) is 0 Å². The molecule has 0 atom stereocenters. The molecule has 1 aromatic carbocycles. The van der Waals surface area contributed by atoms with E-state index in [-0.39, 0.29) is 0 Å². The Hall–Kier alpha value is -1.66. The van der Waals surface area contributed by atoms with Gasteiger partial charge >= 0.3 is 0 Å². The Morgan fingerprint density at radius 2 is 1.80 bits per heavy atom. The average Bonchev–Trinajstić information content (AvgIpc) is 2.47. The van der Waals surface area contributed by atoms with E-state index in [1.54, 1.807) is 14.2 Å². The molecule has 0 amide bonds. The highest BCUT2D eigenvalue weighted by molar-refractivity contribution is 9.10. The summed E-state index contributed by atoms with van der Waals surface area (Å²) in [6.07, 6.45) is 1.43. The van der Waals surface area contributed by atoms with E-state index in [0.29, 0.717) is 18.3 Å². The van der Waals surface area contributed by atoms with Crippen LogP contribution in [-0.4, -0.2) is 24.2 Å². The fourth-order valence-corrected chi connectivity index (χ4v) is 2.31. The van der Waals surface area contributed by atoms with Crippen LogP contribution in [0, 0.1) is 0 Å². The molecule has 0 aliphatic rings. The van der Waals surface area contributed by atoms with E-state index in [9.17, 15) is 0 Å². The van der Waals surface area contributed by atoms with Crippen molar-refractivity contribution in [1.29, 1.82) is 0 Å². The van der Waals surface area contributed by atoms with Crippen molar-refractivity contribution in [3.8, 4) is 11.8 Å². The van der Waals surface area contributed by atoms with Gasteiger partial charge in [0, 0.05) is 17.6 Å². The number of aromatic nitrogens is 2. The van der Waals surface area contributed by atoms with Gasteiger partial charge in [0.2, 0.25) is 11.8 Å². The van der Waals surface area contributed by atoms with Gasteiger partial charge in [0.25, 0.3) is 0 Å². The minimum atomic E-state index is 0.526. The Morgan fingerprint density at radius 3 is 2.40 bits per heavy atom. The van der Waals surface area contributed by atoms with Gasteiger partial charge in [-0.05, 0) is 17.7 Å². The molecule has 106 valence electrons. The van der Waals surface area contributed by atoms with E-state index < -0.39 is 0 Å². The van der Waals surface area contributed by atoms with Gasteiger partial charge in [-0.25, -0.2) is 9.97 Å². The summed E-state index contributed by atoms with van der Waals surface area (Å²) in [7, 11) is 3.17. The minimum absolute atomic E-state index is 0.526. The van der Waals surface area contributed by atoms with E-state index in [1.165, 1.54) is 11.9 Å². The molecule has 6 heteroatoms. The van der Waals surface area contributed by atoms with Crippen LogP contribution in [0.25, 0.3) is 0 Å². The number of halogens is 1. The highest BCUT2D eigenvalue weighted by Crippen LogP contribution is 2.23. The molecule has 0 saturated heterocycles. The van der Waals surface area contributed by atoms with Crippen LogP contribution in [0.2, 0.25) is 0 Å². The Morgan fingerprint density at radius 1 is 1.10 bits per heavy atom. The molecule has 2 aromatic rings. The van der Waals surface area contributed by atoms with Crippen LogP contribution in [0.1, 0.15) is 11.1 Å². The maximum atomic E-state index is 5.23. The zero-order valence-corrected chi connectivity index (χ0v) is 13.0. The van der Waals surface area contributed by atoms with Gasteiger partial charge in [0.15, 0.2) is 0 Å². The zero-order valence-electron chi connectivity index (χ0n) is 11.4. The number of rotatable bonds is 6. The van der Waals surface area contributed by atoms with Gasteiger partial charge in [-0.3, -0.25) is 0 Å². The molecule has 0 aliphatic heterocycles. The van der Waals surface area contributed by atoms with Crippen molar-refractivity contribution in [2.45, 2.75) is 13.1 Å². The number of hydrogen-bond acceptors (Lipinski definition) is 5. The quantitative estimate of drug-likeness (QED) is 0.877. The predicted octanol–water partition coefficient (Wildman–Crippen LogP) is 2.55. The summed E-state index contributed by atoms with van der Waals surface area (Å²) in [5.41, 5.74) is 2.00. The van der Waals surface area contributed by atoms with E-state index in [0.717, 1.165) is 16.6 Å². The van der Waals surface area contributed by atoms with Crippen LogP contribution in [0.4, 0.5) is 0 Å². The first-order valence-corrected chi connectivity index (χ1v) is 6.91. The van der Waals surface area contributed by atoms with Crippen molar-refractivity contribution < 1.29 is 9.47 Å². The molecular formula is C14H16BrN3O2. The Bertz CT molecular complexity index is 556. The lowest BCUT2D eigenvalue weighted by atomic mass is 10.2. The van der Waals surface area contributed by atoms with Gasteiger partial charge in [-0.2, -0.15) is 0 Å². The highest BCUT2D eigenvalue weighted by atomic mass is 79.9. The normalized spacial score (nSPS) is 10.3. The maximum Gasteiger partial charge on any atom is 0.224 e. The molecule has 0 bridgehead atoms. The molecule has 2 rings (SSSR count). The summed E-state index contributed by atoms with van der Waals surface area (Å²) in [6.45, 7) is 1.31. The second-order valence-electron chi connectivity index (χ2n) is 4.10. The van der Waals surface area contributed by atoms with E-state index >= 15 is 0 Å². The van der Waals surface area contributed by atoms with Crippen LogP contribution >= 0.6 is 15.9 Å². The smallest absolute Gasteiger partial charge is 0.224 e. The van der Waals surface area contributed by atoms with Crippen LogP contribution in [-0.2, 0) is 13.1 Å². The fourth-order valence-electron chi connectivity index (χ4n) is 1.86. The van der Waals surface area contributed by atoms with E-state index in [1.807, 2.05) is 12.1 Å². The van der Waals surface area contributed by atoms with Crippen molar-refractivity contribution in [1.82, 2.24) is 15.3 Å². The third-order valence-electron chi connectivity index (χ3n) is 2.77. The van der Waals surface area contributed by atoms with Gasteiger partial charge in [-0.1, -0.05) is 28.1 Å². The lowest BCUT2D eigenvalue weighted by molar-refractivity contribution is 0.359. The number of benzene rings is 1. The number of ether oxygens (including phenoxy) is 2. The largest absolute Gasteiger partial charge is 0.481 e. The molecular weight excluding hydrogens is 322 g/mol. The Balaban J connectivity index is 2.03. The Labute approximate surface area is 126 Å². The highest BCUT2D eigenvalue weighted by Gasteiger charge is 2.12. The Kier molecular flexibility index (Phi) is 5.31. The van der Waals surface area contributed by atoms with Crippen molar-refractivity contribution in [3.63, 3.8) is 0 Å². The summed E-state index contributed by atoms with van der Waals surface area (Å²) in [5.74, 6) is 1.05. The summed E-state index contributed by atoms with van der Waals surface area (Å²) < 4.78 is 11.5. The standard InChI is InChI=1S/C14H16BrN3O2/c1-19-13-12(14(20-2)18-9-17-13)8-16-7-10-4-3-5-11(15)6-10/h3-6,9,16H,7-8H2,1-2H3. The third-order valence-corrected chi connectivity index (χ3v) is 3.27. The summed E-state index contributed by atoms with van der Waals surface area (Å²) in [5, 5.41) is 3.33. The SMILES string of the molecule is COc1ncnc(OC)c1CNCc1cccc(Br)c1. The fraction of sp³-hybridized carbons (Fsp3) is 0.286. The average molecular weight is 338 g/mol. The van der Waals surface area contributed by atoms with Gasteiger partial charge in [0.05, 0.1) is 19.8 Å². The number of hydrogen-bond donors (Lipinski definition) is 1. The van der Waals surface area contributed by atoms with Crippen LogP contribution < -0.4 is 14.8 Å². The van der Waals surface area contributed by atoms with Gasteiger partial charge < -0.3 is 14.8 Å². The zero-order chi connectivity index (χ0) is 14.4. The molecule has 20 heavy (non-hydrogen) atoms. The number of nitrogens with zero attached hydrogens (tertiary/aromatic N) is 2. The lowest BCUT2D eigenvalue weighted by Gasteiger charge is -2.11. The predicted molar refractivity (Wildman–Crippen MR) is 79.8 cm³/mol. The molecule has 5 nitrogen and oxygen atoms in total. The number of nitrogens with one attached hydrogen (secondary N) is 1. The molecule has 1 aromatic heterocycles. The van der Waals surface area contributed by atoms with Crippen molar-refractivity contribution in [2.24, 2.45) is 0 Å². The van der Waals surface area contributed by atoms with Crippen LogP contribution in [0.3, 0.4) is 0 Å². The minimum Gasteiger partial charge on any atom is -0.481 e.